The van der Waals surface area contributed by atoms with Crippen LogP contribution in [0.3, 0.4) is 0 Å². The van der Waals surface area contributed by atoms with E-state index < -0.39 is 120 Å². The average molecular weight is 1010 g/mol. The van der Waals surface area contributed by atoms with E-state index in [4.69, 9.17) is 23.0 Å². The third-order valence-electron chi connectivity index (χ3n) is 11.4. The third kappa shape index (κ3) is 25.4. The summed E-state index contributed by atoms with van der Waals surface area (Å²) in [6.45, 7) is 2.47. The number of rotatable bonds is 23. The zero-order valence-electron chi connectivity index (χ0n) is 39.5. The highest BCUT2D eigenvalue weighted by atomic mass is 31.2. The number of ether oxygens (including phenoxy) is 2. The molecule has 0 saturated heterocycles. The normalized spacial score (nSPS) is 31.0. The molecule has 0 aromatic rings. The number of esters is 2. The molecule has 2 bridgehead atoms. The van der Waals surface area contributed by atoms with Gasteiger partial charge in [-0.05, 0) is 70.6 Å². The predicted octanol–water partition coefficient (Wildman–Crippen LogP) is 5.65. The molecule has 0 spiro atoms. The molecule has 390 valence electrons. The monoisotopic (exact) mass is 1010 g/mol. The quantitative estimate of drug-likeness (QED) is 0.0258. The van der Waals surface area contributed by atoms with Gasteiger partial charge in [0.05, 0.1) is 36.9 Å². The Labute approximate surface area is 400 Å². The predicted molar refractivity (Wildman–Crippen MR) is 251 cm³/mol. The Hall–Kier alpha value is -2.71. The number of unbranched alkanes of at least 4 members (excludes halogenated alkanes) is 7. The van der Waals surface area contributed by atoms with Gasteiger partial charge in [0.1, 0.15) is 36.8 Å². The molecule has 1 unspecified atom stereocenters. The Morgan fingerprint density at radius 2 is 1.50 bits per heavy atom. The van der Waals surface area contributed by atoms with Gasteiger partial charge in [0, 0.05) is 25.2 Å². The largest absolute Gasteiger partial charge is 0.472 e. The lowest BCUT2D eigenvalue weighted by Crippen LogP contribution is -2.56. The second kappa shape index (κ2) is 33.8. The number of cyclic esters (lactones) is 1. The second-order valence-electron chi connectivity index (χ2n) is 17.3. The van der Waals surface area contributed by atoms with Crippen LogP contribution in [0.2, 0.25) is 0 Å². The summed E-state index contributed by atoms with van der Waals surface area (Å²) < 4.78 is 51.9. The fourth-order valence-corrected chi connectivity index (χ4v) is 9.09. The van der Waals surface area contributed by atoms with Gasteiger partial charge in [0.2, 0.25) is 0 Å². The Morgan fingerprint density at radius 1 is 0.868 bits per heavy atom. The van der Waals surface area contributed by atoms with Crippen molar-refractivity contribution < 1.29 is 91.9 Å². The maximum atomic E-state index is 13.9. The van der Waals surface area contributed by atoms with Crippen molar-refractivity contribution in [3.8, 4) is 0 Å². The van der Waals surface area contributed by atoms with Crippen LogP contribution in [0.15, 0.2) is 60.8 Å². The van der Waals surface area contributed by atoms with Gasteiger partial charge in [-0.1, -0.05) is 107 Å². The molecule has 12 atom stereocenters. The molecule has 2 aliphatic rings. The van der Waals surface area contributed by atoms with Gasteiger partial charge in [-0.2, -0.15) is 0 Å². The molecule has 68 heavy (non-hydrogen) atoms. The van der Waals surface area contributed by atoms with Gasteiger partial charge in [0.15, 0.2) is 6.10 Å². The SMILES string of the molecule is CCCCC/C=C\C/C=C\C/C=C\CCCCC(=O)OC[C@@H]1COP(=O)(O)O[C@H]2[C@H](O)[C@@H](O)[C@H](O)[C@@H](C/C=C\CCCC(=O)O1)[C@@H](O)CC(=O)[C@H](/C=C/[C@@H](O)CCCCC)[C@@H](O)[C@H]2OP(=O)(O)O. The van der Waals surface area contributed by atoms with Crippen LogP contribution in [-0.2, 0) is 46.6 Å². The summed E-state index contributed by atoms with van der Waals surface area (Å²) in [6.07, 6.45) is 7.93. The van der Waals surface area contributed by atoms with E-state index in [1.54, 1.807) is 6.08 Å². The highest BCUT2D eigenvalue weighted by Gasteiger charge is 2.51. The average Bonchev–Trinajstić information content (AvgIpc) is 3.28. The number of hydrogen-bond acceptors (Lipinski definition) is 16. The Morgan fingerprint density at radius 3 is 2.15 bits per heavy atom. The van der Waals surface area contributed by atoms with Crippen LogP contribution in [0, 0.1) is 11.8 Å². The maximum Gasteiger partial charge on any atom is 0.472 e. The zero-order valence-corrected chi connectivity index (χ0v) is 41.3. The van der Waals surface area contributed by atoms with Crippen LogP contribution < -0.4 is 0 Å². The zero-order chi connectivity index (χ0) is 50.5. The lowest BCUT2D eigenvalue weighted by Gasteiger charge is -2.38. The van der Waals surface area contributed by atoms with Crippen LogP contribution in [0.5, 0.6) is 0 Å². The van der Waals surface area contributed by atoms with Crippen LogP contribution >= 0.6 is 15.6 Å². The number of aliphatic hydroxyl groups is 6. The first-order chi connectivity index (χ1) is 32.3. The number of carbonyl (C=O) groups is 3. The first kappa shape index (κ1) is 61.4. The molecular formula is C47H78O19P2. The van der Waals surface area contributed by atoms with Crippen molar-refractivity contribution >= 4 is 33.4 Å². The Balaban J connectivity index is 2.34. The number of fused-ring (bicyclic) bond motifs is 4. The second-order valence-corrected chi connectivity index (χ2v) is 19.9. The molecule has 0 amide bonds. The van der Waals surface area contributed by atoms with Crippen LogP contribution in [0.4, 0.5) is 0 Å². The summed E-state index contributed by atoms with van der Waals surface area (Å²) >= 11 is 0. The summed E-state index contributed by atoms with van der Waals surface area (Å²) in [7, 11) is -11.5. The van der Waals surface area contributed by atoms with Gasteiger partial charge in [-0.3, -0.25) is 28.0 Å². The minimum absolute atomic E-state index is 0.000778. The highest BCUT2D eigenvalue weighted by Crippen LogP contribution is 2.49. The van der Waals surface area contributed by atoms with Crippen LogP contribution in [-0.4, -0.2) is 131 Å². The van der Waals surface area contributed by atoms with E-state index in [0.717, 1.165) is 44.3 Å². The fraction of sp³-hybridized carbons (Fsp3) is 0.723. The molecule has 0 aromatic heterocycles. The van der Waals surface area contributed by atoms with Gasteiger partial charge < -0.3 is 54.8 Å². The Bertz CT molecular complexity index is 1710. The number of ketones is 1. The van der Waals surface area contributed by atoms with E-state index in [0.29, 0.717) is 25.7 Å². The number of Topliss-reactive ketones (excluding diaryl/α,β-unsaturated/α-hetero) is 1. The van der Waals surface area contributed by atoms with E-state index in [-0.39, 0.29) is 38.5 Å². The van der Waals surface area contributed by atoms with E-state index in [9.17, 15) is 68.8 Å². The number of allylic oxidation sites excluding steroid dienone is 8. The number of aliphatic hydroxyl groups excluding tert-OH is 6. The van der Waals surface area contributed by atoms with Crippen molar-refractivity contribution in [2.24, 2.45) is 11.8 Å². The molecule has 1 saturated carbocycles. The Kier molecular flexibility index (Phi) is 30.5. The van der Waals surface area contributed by atoms with Crippen molar-refractivity contribution in [1.29, 1.82) is 0 Å². The van der Waals surface area contributed by atoms with Crippen molar-refractivity contribution in [3.05, 3.63) is 60.8 Å². The van der Waals surface area contributed by atoms with Gasteiger partial charge in [0.25, 0.3) is 0 Å². The molecule has 1 fully saturated rings. The summed E-state index contributed by atoms with van der Waals surface area (Å²) in [5, 5.41) is 67.9. The smallest absolute Gasteiger partial charge is 0.462 e. The fourth-order valence-electron chi connectivity index (χ4n) is 7.56. The summed E-state index contributed by atoms with van der Waals surface area (Å²) in [5.41, 5.74) is 0. The molecule has 0 radical (unpaired) electrons. The standard InChI is InChI=1S/C47H78O19P2/c1-3-5-7-8-9-10-11-12-13-14-15-16-17-18-23-27-40(51)62-32-35-33-63-68(60,61)66-47-45(56)44(55)42(53)36(26-22-19-20-24-28-41(52)64-35)38(49)31-39(50)37(30-29-34(48)25-21-6-4-2)43(54)46(47)65-67(57,58)59/h9-10,12-13,15-16,19,22,29-30,34-38,42-49,53-56H,3-8,11,14,17-18,20-21,23-28,31-33H2,1-2H3,(H,60,61)(H2,57,58,59)/b10-9-,13-12-,16-15-,22-19-,30-29+/t34-,35+,36-,37-,38-,42+,43+,44-,45+,46+,47-/m0/s1. The van der Waals surface area contributed by atoms with Crippen molar-refractivity contribution in [2.75, 3.05) is 13.2 Å². The molecular weight excluding hydrogens is 930 g/mol. The minimum atomic E-state index is -5.80. The van der Waals surface area contributed by atoms with E-state index in [1.165, 1.54) is 25.3 Å². The third-order valence-corrected chi connectivity index (χ3v) is 12.9. The van der Waals surface area contributed by atoms with Gasteiger partial charge in [-0.25, -0.2) is 9.13 Å². The first-order valence-electron chi connectivity index (χ1n) is 23.9. The number of phosphoric ester groups is 2. The summed E-state index contributed by atoms with van der Waals surface area (Å²) in [6, 6.07) is 0. The van der Waals surface area contributed by atoms with E-state index in [2.05, 4.69) is 31.2 Å². The topological polar surface area (TPSA) is 314 Å². The molecule has 19 nitrogen and oxygen atoms in total. The first-order valence-corrected chi connectivity index (χ1v) is 27.0. The molecule has 2 rings (SSSR count). The minimum Gasteiger partial charge on any atom is -0.462 e. The highest BCUT2D eigenvalue weighted by molar-refractivity contribution is 7.47. The number of hydrogen-bond donors (Lipinski definition) is 9. The number of carbonyl (C=O) groups excluding carboxylic acids is 3. The number of phosphoric acid groups is 2. The van der Waals surface area contributed by atoms with Gasteiger partial charge in [-0.15, -0.1) is 0 Å². The van der Waals surface area contributed by atoms with Crippen LogP contribution in [0.1, 0.15) is 136 Å². The molecule has 1 aliphatic carbocycles. The maximum absolute atomic E-state index is 13.9. The lowest BCUT2D eigenvalue weighted by molar-refractivity contribution is -0.165. The van der Waals surface area contributed by atoms with Gasteiger partial charge >= 0.3 is 27.6 Å². The van der Waals surface area contributed by atoms with Crippen molar-refractivity contribution in [2.45, 2.75) is 191 Å². The molecule has 1 heterocycles. The molecule has 9 N–H and O–H groups in total. The van der Waals surface area contributed by atoms with E-state index >= 15 is 0 Å². The summed E-state index contributed by atoms with van der Waals surface area (Å²) in [5.74, 6) is -5.84. The van der Waals surface area contributed by atoms with Crippen molar-refractivity contribution in [3.63, 3.8) is 0 Å². The molecule has 1 aliphatic heterocycles. The van der Waals surface area contributed by atoms with Crippen molar-refractivity contribution in [1.82, 2.24) is 0 Å². The lowest BCUT2D eigenvalue weighted by atomic mass is 9.83. The van der Waals surface area contributed by atoms with E-state index in [1.807, 2.05) is 19.1 Å². The van der Waals surface area contributed by atoms with Crippen LogP contribution in [0.25, 0.3) is 0 Å². The molecule has 21 heteroatoms. The molecule has 0 aromatic carbocycles. The summed E-state index contributed by atoms with van der Waals surface area (Å²) in [4.78, 5) is 70.4.